The molecule has 6 heteroatoms. The van der Waals surface area contributed by atoms with Gasteiger partial charge in [0.2, 0.25) is 0 Å². The lowest BCUT2D eigenvalue weighted by Gasteiger charge is -2.31. The second-order valence-corrected chi connectivity index (χ2v) is 4.41. The van der Waals surface area contributed by atoms with Crippen LogP contribution in [0.3, 0.4) is 0 Å². The Balaban J connectivity index is 2.10. The van der Waals surface area contributed by atoms with Crippen molar-refractivity contribution in [3.63, 3.8) is 0 Å². The van der Waals surface area contributed by atoms with Gasteiger partial charge in [0.05, 0.1) is 19.8 Å². The number of nitrogens with zero attached hydrogens (tertiary/aromatic N) is 1. The quantitative estimate of drug-likeness (QED) is 0.890. The number of carbonyl (C=O) groups is 2. The third kappa shape index (κ3) is 3.27. The van der Waals surface area contributed by atoms with Gasteiger partial charge in [-0.2, -0.15) is 0 Å². The molecule has 1 aliphatic heterocycles. The summed E-state index contributed by atoms with van der Waals surface area (Å²) in [6, 6.07) is 6.88. The van der Waals surface area contributed by atoms with E-state index in [4.69, 9.17) is 14.6 Å². The Morgan fingerprint density at radius 1 is 1.50 bits per heavy atom. The predicted octanol–water partition coefficient (Wildman–Crippen LogP) is 1.01. The Hall–Kier alpha value is -2.08. The highest BCUT2D eigenvalue weighted by Gasteiger charge is 2.29. The molecule has 0 spiro atoms. The van der Waals surface area contributed by atoms with Gasteiger partial charge in [0.1, 0.15) is 5.75 Å². The SMILES string of the molecule is CCOc1cccc(C(=O)N2CCOC(C(=O)O)C2)c1. The summed E-state index contributed by atoms with van der Waals surface area (Å²) in [6.07, 6.45) is -0.956. The number of benzene rings is 1. The normalized spacial score (nSPS) is 18.6. The average Bonchev–Trinajstić information content (AvgIpc) is 2.47. The maximum absolute atomic E-state index is 12.3. The van der Waals surface area contributed by atoms with E-state index >= 15 is 0 Å². The van der Waals surface area contributed by atoms with Crippen molar-refractivity contribution in [2.75, 3.05) is 26.3 Å². The molecule has 1 atom stereocenters. The Morgan fingerprint density at radius 2 is 2.30 bits per heavy atom. The molecule has 1 aliphatic rings. The Kier molecular flexibility index (Phi) is 4.57. The van der Waals surface area contributed by atoms with Crippen LogP contribution in [0, 0.1) is 0 Å². The highest BCUT2D eigenvalue weighted by atomic mass is 16.5. The number of carboxylic acids is 1. The first kappa shape index (κ1) is 14.3. The lowest BCUT2D eigenvalue weighted by Crippen LogP contribution is -2.48. The number of ether oxygens (including phenoxy) is 2. The second-order valence-electron chi connectivity index (χ2n) is 4.41. The van der Waals surface area contributed by atoms with Gasteiger partial charge in [-0.1, -0.05) is 6.07 Å². The van der Waals surface area contributed by atoms with Crippen LogP contribution in [0.2, 0.25) is 0 Å². The van der Waals surface area contributed by atoms with Crippen molar-refractivity contribution in [3.05, 3.63) is 29.8 Å². The highest BCUT2D eigenvalue weighted by molar-refractivity contribution is 5.95. The van der Waals surface area contributed by atoms with Crippen molar-refractivity contribution in [2.45, 2.75) is 13.0 Å². The van der Waals surface area contributed by atoms with Gasteiger partial charge in [-0.05, 0) is 25.1 Å². The maximum atomic E-state index is 12.3. The first-order chi connectivity index (χ1) is 9.61. The number of hydrogen-bond donors (Lipinski definition) is 1. The minimum absolute atomic E-state index is 0.0625. The van der Waals surface area contributed by atoms with Gasteiger partial charge in [-0.15, -0.1) is 0 Å². The standard InChI is InChI=1S/C14H17NO5/c1-2-19-11-5-3-4-10(8-11)13(16)15-6-7-20-12(9-15)14(17)18/h3-5,8,12H,2,6-7,9H2,1H3,(H,17,18). The second kappa shape index (κ2) is 6.38. The minimum Gasteiger partial charge on any atom is -0.494 e. The van der Waals surface area contributed by atoms with Gasteiger partial charge in [-0.3, -0.25) is 4.79 Å². The van der Waals surface area contributed by atoms with Gasteiger partial charge in [0.25, 0.3) is 5.91 Å². The van der Waals surface area contributed by atoms with Crippen molar-refractivity contribution >= 4 is 11.9 Å². The molecule has 1 saturated heterocycles. The molecule has 20 heavy (non-hydrogen) atoms. The van der Waals surface area contributed by atoms with Crippen molar-refractivity contribution in [2.24, 2.45) is 0 Å². The minimum atomic E-state index is -1.05. The van der Waals surface area contributed by atoms with Crippen LogP contribution in [0.5, 0.6) is 5.75 Å². The number of hydrogen-bond acceptors (Lipinski definition) is 4. The van der Waals surface area contributed by atoms with Crippen LogP contribution in [0.15, 0.2) is 24.3 Å². The van der Waals surface area contributed by atoms with Crippen LogP contribution in [0.1, 0.15) is 17.3 Å². The van der Waals surface area contributed by atoms with E-state index in [1.54, 1.807) is 24.3 Å². The number of aliphatic carboxylic acids is 1. The monoisotopic (exact) mass is 279 g/mol. The summed E-state index contributed by atoms with van der Waals surface area (Å²) in [5.74, 6) is -0.631. The number of rotatable bonds is 4. The van der Waals surface area contributed by atoms with E-state index in [0.717, 1.165) is 0 Å². The molecule has 1 N–H and O–H groups in total. The molecule has 1 fully saturated rings. The highest BCUT2D eigenvalue weighted by Crippen LogP contribution is 2.16. The Bertz CT molecular complexity index is 502. The Labute approximate surface area is 116 Å². The molecular weight excluding hydrogens is 262 g/mol. The van der Waals surface area contributed by atoms with Crippen LogP contribution in [0.4, 0.5) is 0 Å². The summed E-state index contributed by atoms with van der Waals surface area (Å²) < 4.78 is 10.5. The molecule has 0 bridgehead atoms. The van der Waals surface area contributed by atoms with Crippen LogP contribution < -0.4 is 4.74 Å². The summed E-state index contributed by atoms with van der Waals surface area (Å²) >= 11 is 0. The number of carboxylic acid groups (broad SMARTS) is 1. The first-order valence-electron chi connectivity index (χ1n) is 6.48. The third-order valence-corrected chi connectivity index (χ3v) is 3.02. The smallest absolute Gasteiger partial charge is 0.334 e. The molecule has 2 rings (SSSR count). The zero-order chi connectivity index (χ0) is 14.5. The number of amides is 1. The topological polar surface area (TPSA) is 76.1 Å². The zero-order valence-electron chi connectivity index (χ0n) is 11.2. The molecular formula is C14H17NO5. The fourth-order valence-corrected chi connectivity index (χ4v) is 2.05. The van der Waals surface area contributed by atoms with E-state index in [0.29, 0.717) is 24.5 Å². The molecule has 0 aromatic heterocycles. The van der Waals surface area contributed by atoms with Crippen LogP contribution in [-0.2, 0) is 9.53 Å². The largest absolute Gasteiger partial charge is 0.494 e. The summed E-state index contributed by atoms with van der Waals surface area (Å²) in [5.41, 5.74) is 0.488. The first-order valence-corrected chi connectivity index (χ1v) is 6.48. The molecule has 1 heterocycles. The van der Waals surface area contributed by atoms with Crippen LogP contribution >= 0.6 is 0 Å². The third-order valence-electron chi connectivity index (χ3n) is 3.02. The van der Waals surface area contributed by atoms with Gasteiger partial charge in [0, 0.05) is 12.1 Å². The molecule has 6 nitrogen and oxygen atoms in total. The van der Waals surface area contributed by atoms with Crippen molar-refractivity contribution in [1.82, 2.24) is 4.90 Å². The fraction of sp³-hybridized carbons (Fsp3) is 0.429. The molecule has 1 amide bonds. The van der Waals surface area contributed by atoms with Gasteiger partial charge < -0.3 is 19.5 Å². The average molecular weight is 279 g/mol. The lowest BCUT2D eigenvalue weighted by molar-refractivity contribution is -0.154. The van der Waals surface area contributed by atoms with Gasteiger partial charge in [0.15, 0.2) is 6.10 Å². The van der Waals surface area contributed by atoms with E-state index in [2.05, 4.69) is 0 Å². The van der Waals surface area contributed by atoms with Crippen LogP contribution in [0.25, 0.3) is 0 Å². The van der Waals surface area contributed by atoms with E-state index < -0.39 is 12.1 Å². The lowest BCUT2D eigenvalue weighted by atomic mass is 10.1. The molecule has 0 aliphatic carbocycles. The maximum Gasteiger partial charge on any atom is 0.334 e. The summed E-state index contributed by atoms with van der Waals surface area (Å²) in [7, 11) is 0. The molecule has 0 saturated carbocycles. The molecule has 1 aromatic carbocycles. The molecule has 108 valence electrons. The van der Waals surface area contributed by atoms with Gasteiger partial charge >= 0.3 is 5.97 Å². The predicted molar refractivity (Wildman–Crippen MR) is 70.9 cm³/mol. The molecule has 1 aromatic rings. The van der Waals surface area contributed by atoms with E-state index in [1.165, 1.54) is 4.90 Å². The van der Waals surface area contributed by atoms with Gasteiger partial charge in [-0.25, -0.2) is 4.79 Å². The molecule has 1 unspecified atom stereocenters. The van der Waals surface area contributed by atoms with E-state index in [9.17, 15) is 9.59 Å². The summed E-state index contributed by atoms with van der Waals surface area (Å²) in [5, 5.41) is 8.94. The summed E-state index contributed by atoms with van der Waals surface area (Å²) in [4.78, 5) is 24.8. The number of carbonyl (C=O) groups excluding carboxylic acids is 1. The van der Waals surface area contributed by atoms with Crippen molar-refractivity contribution < 1.29 is 24.2 Å². The summed E-state index contributed by atoms with van der Waals surface area (Å²) in [6.45, 7) is 3.08. The Morgan fingerprint density at radius 3 is 3.00 bits per heavy atom. The van der Waals surface area contributed by atoms with Crippen molar-refractivity contribution in [1.29, 1.82) is 0 Å². The van der Waals surface area contributed by atoms with E-state index in [1.807, 2.05) is 6.92 Å². The van der Waals surface area contributed by atoms with E-state index in [-0.39, 0.29) is 19.1 Å². The molecule has 0 radical (unpaired) electrons. The van der Waals surface area contributed by atoms with Crippen LogP contribution in [-0.4, -0.2) is 54.3 Å². The number of morpholine rings is 1. The van der Waals surface area contributed by atoms with Crippen molar-refractivity contribution in [3.8, 4) is 5.75 Å². The zero-order valence-corrected chi connectivity index (χ0v) is 11.2. The fourth-order valence-electron chi connectivity index (χ4n) is 2.05.